The zero-order chi connectivity index (χ0) is 8.39. The molecule has 1 aliphatic carbocycles. The smallest absolute Gasteiger partial charge is 0.222 e. The van der Waals surface area contributed by atoms with Crippen LogP contribution in [0.5, 0.6) is 0 Å². The Labute approximate surface area is 71.5 Å². The number of allylic oxidation sites excluding steroid dienone is 2. The quantitative estimate of drug-likeness (QED) is 0.549. The number of nitrogens with one attached hydrogen (secondary N) is 1. The highest BCUT2D eigenvalue weighted by atomic mass is 16.1. The topological polar surface area (TPSA) is 43.2 Å². The number of hydrogen-bond acceptors (Lipinski definition) is 1. The Kier molecular flexibility index (Phi) is 1.86. The molecule has 1 unspecified atom stereocenters. The van der Waals surface area contributed by atoms with Gasteiger partial charge in [-0.15, -0.1) is 0 Å². The Morgan fingerprint density at radius 3 is 3.42 bits per heavy atom. The highest BCUT2D eigenvalue weighted by Crippen LogP contribution is 2.13. The number of amides is 1. The fourth-order valence-electron chi connectivity index (χ4n) is 1.47. The summed E-state index contributed by atoms with van der Waals surface area (Å²) in [6.45, 7) is 0.627. The lowest BCUT2D eigenvalue weighted by atomic mass is 10.1. The summed E-state index contributed by atoms with van der Waals surface area (Å²) in [5.74, 6) is 0.113. The van der Waals surface area contributed by atoms with E-state index in [4.69, 9.17) is 0 Å². The van der Waals surface area contributed by atoms with Crippen LogP contribution in [0.15, 0.2) is 23.9 Å². The van der Waals surface area contributed by atoms with Crippen LogP contribution in [0.25, 0.3) is 0 Å². The molecule has 12 heavy (non-hydrogen) atoms. The van der Waals surface area contributed by atoms with Gasteiger partial charge in [-0.05, 0) is 12.5 Å². The summed E-state index contributed by atoms with van der Waals surface area (Å²) in [7, 11) is 0. The van der Waals surface area contributed by atoms with Crippen molar-refractivity contribution in [1.29, 1.82) is 0 Å². The minimum Gasteiger partial charge on any atom is -0.347 e. The first-order valence-electron chi connectivity index (χ1n) is 4.20. The Balaban J connectivity index is 2.16. The van der Waals surface area contributed by atoms with E-state index in [-0.39, 0.29) is 11.9 Å². The second-order valence-electron chi connectivity index (χ2n) is 3.01. The Morgan fingerprint density at radius 2 is 2.50 bits per heavy atom. The molecule has 3 nitrogen and oxygen atoms in total. The molecule has 1 heterocycles. The summed E-state index contributed by atoms with van der Waals surface area (Å²) < 4.78 is 0. The number of nitrogens with zero attached hydrogens (tertiary/aromatic N) is 1. The van der Waals surface area contributed by atoms with E-state index < -0.39 is 0 Å². The molecule has 0 spiro atoms. The summed E-state index contributed by atoms with van der Waals surface area (Å²) in [6, 6.07) is 0.130. The molecule has 2 rings (SSSR count). The Bertz CT molecular complexity index is 255. The molecule has 1 N–H and O–H groups in total. The van der Waals surface area contributed by atoms with Crippen molar-refractivity contribution in [3.8, 4) is 0 Å². The zero-order valence-corrected chi connectivity index (χ0v) is 6.79. The van der Waals surface area contributed by atoms with Crippen LogP contribution < -0.4 is 10.6 Å². The molecule has 0 bridgehead atoms. The molecule has 1 amide bonds. The summed E-state index contributed by atoms with van der Waals surface area (Å²) in [6.07, 6.45) is 7.41. The van der Waals surface area contributed by atoms with Gasteiger partial charge in [-0.25, -0.2) is 0 Å². The van der Waals surface area contributed by atoms with E-state index in [1.54, 1.807) is 0 Å². The molecule has 0 aromatic rings. The minimum absolute atomic E-state index is 0.113. The van der Waals surface area contributed by atoms with Gasteiger partial charge in [-0.3, -0.25) is 10.1 Å². The van der Waals surface area contributed by atoms with Crippen LogP contribution in [0.3, 0.4) is 0 Å². The van der Waals surface area contributed by atoms with Crippen molar-refractivity contribution in [2.45, 2.75) is 18.9 Å². The fourth-order valence-corrected chi connectivity index (χ4v) is 1.47. The maximum atomic E-state index is 11.1. The molecule has 1 fully saturated rings. The summed E-state index contributed by atoms with van der Waals surface area (Å²) in [4.78, 5) is 11.1. The van der Waals surface area contributed by atoms with Crippen molar-refractivity contribution in [2.75, 3.05) is 6.54 Å². The maximum Gasteiger partial charge on any atom is 0.222 e. The third-order valence-electron chi connectivity index (χ3n) is 2.10. The van der Waals surface area contributed by atoms with Gasteiger partial charge in [0, 0.05) is 13.0 Å². The molecule has 0 aromatic heterocycles. The van der Waals surface area contributed by atoms with Crippen LogP contribution in [0, 0.1) is 0 Å². The number of hydrogen-bond donors (Lipinski definition) is 1. The van der Waals surface area contributed by atoms with Crippen molar-refractivity contribution >= 4 is 5.91 Å². The van der Waals surface area contributed by atoms with Crippen molar-refractivity contribution in [3.63, 3.8) is 0 Å². The monoisotopic (exact) mass is 163 g/mol. The van der Waals surface area contributed by atoms with Gasteiger partial charge in [-0.1, -0.05) is 12.2 Å². The Hall–Kier alpha value is -1.25. The van der Waals surface area contributed by atoms with E-state index in [2.05, 4.69) is 16.7 Å². The van der Waals surface area contributed by atoms with Gasteiger partial charge in [0.15, 0.2) is 0 Å². The largest absolute Gasteiger partial charge is 0.347 e. The van der Waals surface area contributed by atoms with E-state index >= 15 is 0 Å². The summed E-state index contributed by atoms with van der Waals surface area (Å²) in [5.41, 5.74) is 1.02. The van der Waals surface area contributed by atoms with Crippen molar-refractivity contribution < 1.29 is 4.79 Å². The molecule has 2 aliphatic rings. The average molecular weight is 163 g/mol. The van der Waals surface area contributed by atoms with Crippen LogP contribution in [-0.2, 0) is 4.79 Å². The lowest BCUT2D eigenvalue weighted by Gasteiger charge is -2.18. The van der Waals surface area contributed by atoms with Gasteiger partial charge in [0.05, 0.1) is 11.7 Å². The third kappa shape index (κ3) is 1.35. The lowest BCUT2D eigenvalue weighted by molar-refractivity contribution is -0.121. The van der Waals surface area contributed by atoms with E-state index in [1.165, 1.54) is 0 Å². The molecular formula is C9H11N2O. The number of carbonyl (C=O) groups excluding carboxylic acids is 1. The van der Waals surface area contributed by atoms with E-state index in [0.717, 1.165) is 12.1 Å². The maximum absolute atomic E-state index is 11.1. The van der Waals surface area contributed by atoms with Gasteiger partial charge >= 0.3 is 0 Å². The van der Waals surface area contributed by atoms with E-state index in [9.17, 15) is 4.79 Å². The van der Waals surface area contributed by atoms with Crippen molar-refractivity contribution in [3.05, 3.63) is 23.9 Å². The number of rotatable bonds is 0. The number of fused-ring (bicyclic) bond motifs is 1. The van der Waals surface area contributed by atoms with Gasteiger partial charge in [-0.2, -0.15) is 0 Å². The second kappa shape index (κ2) is 3.01. The van der Waals surface area contributed by atoms with E-state index in [1.807, 2.05) is 12.2 Å². The van der Waals surface area contributed by atoms with Crippen molar-refractivity contribution in [1.82, 2.24) is 10.6 Å². The molecule has 63 valence electrons. The first-order chi connectivity index (χ1) is 5.86. The SMILES string of the molecule is O=C1CC[N]C2=CC=CCC2N1. The standard InChI is InChI=1S/C9H11N2O/c12-9-5-6-10-7-3-1-2-4-8(7)11-9/h1-3,8H,4-6H2,(H,11,12). The highest BCUT2D eigenvalue weighted by Gasteiger charge is 2.21. The highest BCUT2D eigenvalue weighted by molar-refractivity contribution is 5.77. The van der Waals surface area contributed by atoms with Gasteiger partial charge in [0.2, 0.25) is 5.91 Å². The third-order valence-corrected chi connectivity index (χ3v) is 2.10. The molecule has 1 atom stereocenters. The van der Waals surface area contributed by atoms with Crippen molar-refractivity contribution in [2.24, 2.45) is 0 Å². The van der Waals surface area contributed by atoms with Gasteiger partial charge in [0.25, 0.3) is 0 Å². The minimum atomic E-state index is 0.113. The second-order valence-corrected chi connectivity index (χ2v) is 3.01. The molecule has 1 radical (unpaired) electrons. The average Bonchev–Trinajstić information content (AvgIpc) is 2.25. The van der Waals surface area contributed by atoms with Crippen LogP contribution >= 0.6 is 0 Å². The zero-order valence-electron chi connectivity index (χ0n) is 6.79. The predicted molar refractivity (Wildman–Crippen MR) is 45.4 cm³/mol. The van der Waals surface area contributed by atoms with E-state index in [0.29, 0.717) is 13.0 Å². The molecule has 3 heteroatoms. The van der Waals surface area contributed by atoms with Crippen LogP contribution in [0.4, 0.5) is 0 Å². The molecule has 1 saturated heterocycles. The first kappa shape index (κ1) is 7.40. The summed E-state index contributed by atoms with van der Waals surface area (Å²) in [5, 5.41) is 7.25. The Morgan fingerprint density at radius 1 is 1.58 bits per heavy atom. The summed E-state index contributed by atoms with van der Waals surface area (Å²) >= 11 is 0. The first-order valence-corrected chi connectivity index (χ1v) is 4.20. The van der Waals surface area contributed by atoms with Crippen LogP contribution in [0.1, 0.15) is 12.8 Å². The number of carbonyl (C=O) groups is 1. The fraction of sp³-hybridized carbons (Fsp3) is 0.444. The van der Waals surface area contributed by atoms with Crippen LogP contribution in [-0.4, -0.2) is 18.5 Å². The molecule has 0 saturated carbocycles. The van der Waals surface area contributed by atoms with Gasteiger partial charge in [0.1, 0.15) is 0 Å². The molecule has 1 aliphatic heterocycles. The molecular weight excluding hydrogens is 152 g/mol. The lowest BCUT2D eigenvalue weighted by Crippen LogP contribution is -2.35. The van der Waals surface area contributed by atoms with Crippen LogP contribution in [0.2, 0.25) is 0 Å². The molecule has 0 aromatic carbocycles. The predicted octanol–water partition coefficient (Wildman–Crippen LogP) is 0.323. The normalized spacial score (nSPS) is 27.8. The van der Waals surface area contributed by atoms with Gasteiger partial charge < -0.3 is 5.32 Å².